The Kier molecular flexibility index (Phi) is 4.91. The summed E-state index contributed by atoms with van der Waals surface area (Å²) in [5.41, 5.74) is 0.768. The molecular weight excluding hydrogens is 115 g/mol. The number of hydrogen-bond acceptors (Lipinski definition) is 0. The van der Waals surface area contributed by atoms with E-state index in [4.69, 9.17) is 0 Å². The van der Waals surface area contributed by atoms with Crippen LogP contribution in [-0.2, 0) is 0 Å². The van der Waals surface area contributed by atoms with Crippen LogP contribution in [0.1, 0.15) is 20.3 Å². The number of hydrogen-bond donors (Lipinski definition) is 0. The fourth-order valence-corrected chi connectivity index (χ4v) is 0.409. The van der Waals surface area contributed by atoms with Gasteiger partial charge in [0.05, 0.1) is 0 Å². The van der Waals surface area contributed by atoms with E-state index in [1.165, 1.54) is 0 Å². The second-order valence-electron chi connectivity index (χ2n) is 1.68. The van der Waals surface area contributed by atoms with Crippen LogP contribution in [-0.4, -0.2) is 6.67 Å². The van der Waals surface area contributed by atoms with Gasteiger partial charge in [-0.05, 0) is 25.0 Å². The average Bonchev–Trinajstić information content (AvgIpc) is 1.91. The van der Waals surface area contributed by atoms with E-state index < -0.39 is 0 Å². The highest BCUT2D eigenvalue weighted by Gasteiger charge is 1.87. The molecule has 0 radical (unpaired) electrons. The van der Waals surface area contributed by atoms with Crippen molar-refractivity contribution in [2.45, 2.75) is 20.3 Å². The third kappa shape index (κ3) is 3.78. The Balaban J connectivity index is 3.86. The average molecular weight is 126 g/mol. The molecule has 9 heavy (non-hydrogen) atoms. The topological polar surface area (TPSA) is 0 Å². The fraction of sp³-hybridized carbons (Fsp3) is 0.500. The lowest BCUT2D eigenvalue weighted by molar-refractivity contribution is 0.535. The lowest BCUT2D eigenvalue weighted by Gasteiger charge is -1.90. The first-order chi connectivity index (χ1) is 4.35. The van der Waals surface area contributed by atoms with E-state index in [-0.39, 0.29) is 6.67 Å². The van der Waals surface area contributed by atoms with Gasteiger partial charge in [-0.15, -0.1) is 5.92 Å². The summed E-state index contributed by atoms with van der Waals surface area (Å²) in [6, 6.07) is 0. The molecule has 0 aliphatic heterocycles. The van der Waals surface area contributed by atoms with E-state index >= 15 is 0 Å². The zero-order chi connectivity index (χ0) is 7.11. The molecule has 0 heterocycles. The molecule has 0 fully saturated rings. The van der Waals surface area contributed by atoms with Crippen molar-refractivity contribution in [3.8, 4) is 11.8 Å². The maximum absolute atomic E-state index is 11.8. The quantitative estimate of drug-likeness (QED) is 0.498. The van der Waals surface area contributed by atoms with E-state index in [1.807, 2.05) is 6.92 Å². The predicted molar refractivity (Wildman–Crippen MR) is 37.8 cm³/mol. The van der Waals surface area contributed by atoms with Crippen molar-refractivity contribution in [3.63, 3.8) is 0 Å². The smallest absolute Gasteiger partial charge is 0.111 e. The van der Waals surface area contributed by atoms with Gasteiger partial charge in [0.25, 0.3) is 0 Å². The summed E-state index contributed by atoms with van der Waals surface area (Å²) >= 11 is 0. The van der Waals surface area contributed by atoms with Crippen LogP contribution >= 0.6 is 0 Å². The monoisotopic (exact) mass is 126 g/mol. The largest absolute Gasteiger partial charge is 0.246 e. The summed E-state index contributed by atoms with van der Waals surface area (Å²) < 4.78 is 11.8. The first kappa shape index (κ1) is 8.23. The number of allylic oxidation sites excluding steroid dienone is 2. The van der Waals surface area contributed by atoms with Crippen LogP contribution in [0.25, 0.3) is 0 Å². The Bertz CT molecular complexity index is 140. The van der Waals surface area contributed by atoms with Gasteiger partial charge >= 0.3 is 0 Å². The molecule has 0 aliphatic carbocycles. The van der Waals surface area contributed by atoms with Gasteiger partial charge in [-0.3, -0.25) is 0 Å². The summed E-state index contributed by atoms with van der Waals surface area (Å²) in [7, 11) is 0. The minimum Gasteiger partial charge on any atom is -0.246 e. The second kappa shape index (κ2) is 5.37. The molecule has 0 spiro atoms. The van der Waals surface area contributed by atoms with Crippen molar-refractivity contribution < 1.29 is 4.39 Å². The van der Waals surface area contributed by atoms with Gasteiger partial charge in [0.15, 0.2) is 0 Å². The van der Waals surface area contributed by atoms with Crippen molar-refractivity contribution >= 4 is 0 Å². The van der Waals surface area contributed by atoms with E-state index in [0.29, 0.717) is 0 Å². The second-order valence-corrected chi connectivity index (χ2v) is 1.68. The van der Waals surface area contributed by atoms with Crippen LogP contribution in [0.15, 0.2) is 11.6 Å². The van der Waals surface area contributed by atoms with Crippen LogP contribution < -0.4 is 0 Å². The Morgan fingerprint density at radius 2 is 2.33 bits per heavy atom. The lowest BCUT2D eigenvalue weighted by atomic mass is 10.2. The third-order valence-electron chi connectivity index (χ3n) is 1.05. The van der Waals surface area contributed by atoms with Gasteiger partial charge < -0.3 is 0 Å². The fourth-order valence-electron chi connectivity index (χ4n) is 0.409. The molecule has 0 atom stereocenters. The van der Waals surface area contributed by atoms with E-state index in [9.17, 15) is 4.39 Å². The molecule has 0 amide bonds. The summed E-state index contributed by atoms with van der Waals surface area (Å²) in [5.74, 6) is 5.37. The standard InChI is InChI=1S/C8H11F/c1-3-5-6-8(4-2)7-9/h6H,4,7H2,1-2H3/b8-6-. The molecule has 0 N–H and O–H groups in total. The minimum absolute atomic E-state index is 0.370. The van der Waals surface area contributed by atoms with Crippen molar-refractivity contribution in [3.05, 3.63) is 11.6 Å². The van der Waals surface area contributed by atoms with Gasteiger partial charge in [-0.25, -0.2) is 4.39 Å². The van der Waals surface area contributed by atoms with Crippen LogP contribution in [0.2, 0.25) is 0 Å². The number of rotatable bonds is 2. The summed E-state index contributed by atoms with van der Waals surface area (Å²) in [6.45, 7) is 3.29. The summed E-state index contributed by atoms with van der Waals surface area (Å²) in [6.07, 6.45) is 2.39. The first-order valence-electron chi connectivity index (χ1n) is 3.01. The molecule has 0 aromatic heterocycles. The van der Waals surface area contributed by atoms with Crippen molar-refractivity contribution in [1.29, 1.82) is 0 Å². The molecule has 0 aliphatic rings. The zero-order valence-electron chi connectivity index (χ0n) is 5.87. The molecule has 50 valence electrons. The lowest BCUT2D eigenvalue weighted by Crippen LogP contribution is -1.80. The number of halogens is 1. The van der Waals surface area contributed by atoms with E-state index in [0.717, 1.165) is 12.0 Å². The van der Waals surface area contributed by atoms with Crippen molar-refractivity contribution in [1.82, 2.24) is 0 Å². The van der Waals surface area contributed by atoms with E-state index in [2.05, 4.69) is 11.8 Å². The summed E-state index contributed by atoms with van der Waals surface area (Å²) in [4.78, 5) is 0. The molecule has 0 aromatic rings. The van der Waals surface area contributed by atoms with Crippen LogP contribution in [0.5, 0.6) is 0 Å². The zero-order valence-corrected chi connectivity index (χ0v) is 5.87. The SMILES string of the molecule is CC#C/C=C(/CC)CF. The Morgan fingerprint density at radius 1 is 1.67 bits per heavy atom. The van der Waals surface area contributed by atoms with Gasteiger partial charge in [-0.1, -0.05) is 12.8 Å². The van der Waals surface area contributed by atoms with E-state index in [1.54, 1.807) is 13.0 Å². The maximum atomic E-state index is 11.8. The number of alkyl halides is 1. The van der Waals surface area contributed by atoms with Crippen LogP contribution in [0.3, 0.4) is 0 Å². The molecule has 1 heteroatoms. The molecule has 0 bridgehead atoms. The minimum atomic E-state index is -0.370. The van der Waals surface area contributed by atoms with Crippen molar-refractivity contribution in [2.75, 3.05) is 6.67 Å². The third-order valence-corrected chi connectivity index (χ3v) is 1.05. The first-order valence-corrected chi connectivity index (χ1v) is 3.01. The highest BCUT2D eigenvalue weighted by atomic mass is 19.1. The van der Waals surface area contributed by atoms with Gasteiger partial charge in [-0.2, -0.15) is 0 Å². The molecule has 0 nitrogen and oxygen atoms in total. The summed E-state index contributed by atoms with van der Waals surface area (Å²) in [5, 5.41) is 0. The van der Waals surface area contributed by atoms with Crippen LogP contribution in [0.4, 0.5) is 4.39 Å². The van der Waals surface area contributed by atoms with Crippen molar-refractivity contribution in [2.24, 2.45) is 0 Å². The normalized spacial score (nSPS) is 10.3. The Hall–Kier alpha value is -0.770. The molecule has 0 saturated carbocycles. The molecular formula is C8H11F. The molecule has 0 saturated heterocycles. The molecule has 0 unspecified atom stereocenters. The van der Waals surface area contributed by atoms with Gasteiger partial charge in [0.1, 0.15) is 6.67 Å². The molecule has 0 aromatic carbocycles. The highest BCUT2D eigenvalue weighted by Crippen LogP contribution is 1.98. The Labute approximate surface area is 55.8 Å². The highest BCUT2D eigenvalue weighted by molar-refractivity contribution is 5.20. The maximum Gasteiger partial charge on any atom is 0.111 e. The van der Waals surface area contributed by atoms with Gasteiger partial charge in [0.2, 0.25) is 0 Å². The van der Waals surface area contributed by atoms with Gasteiger partial charge in [0, 0.05) is 0 Å². The van der Waals surface area contributed by atoms with Crippen LogP contribution in [0, 0.1) is 11.8 Å². The molecule has 0 rings (SSSR count). The Morgan fingerprint density at radius 3 is 2.67 bits per heavy atom. The predicted octanol–water partition coefficient (Wildman–Crippen LogP) is 2.32.